The predicted molar refractivity (Wildman–Crippen MR) is 119 cm³/mol. The van der Waals surface area contributed by atoms with Crippen molar-refractivity contribution in [2.75, 3.05) is 37.6 Å². The first-order valence-electron chi connectivity index (χ1n) is 11.2. The Bertz CT molecular complexity index is 792. The van der Waals surface area contributed by atoms with Crippen LogP contribution in [-0.2, 0) is 19.5 Å². The van der Waals surface area contributed by atoms with E-state index in [0.29, 0.717) is 6.04 Å². The molecule has 0 N–H and O–H groups in total. The van der Waals surface area contributed by atoms with Crippen molar-refractivity contribution in [3.63, 3.8) is 0 Å². The van der Waals surface area contributed by atoms with Gasteiger partial charge in [0.2, 0.25) is 0 Å². The summed E-state index contributed by atoms with van der Waals surface area (Å²) in [4.78, 5) is 7.65. The zero-order chi connectivity index (χ0) is 20.2. The highest BCUT2D eigenvalue weighted by atomic mass is 19.1. The van der Waals surface area contributed by atoms with Crippen molar-refractivity contribution in [2.24, 2.45) is 0 Å². The second-order valence-corrected chi connectivity index (χ2v) is 8.48. The van der Waals surface area contributed by atoms with Crippen LogP contribution >= 0.6 is 0 Å². The molecule has 0 amide bonds. The molecule has 4 heteroatoms. The minimum Gasteiger partial charge on any atom is -0.372 e. The highest BCUT2D eigenvalue weighted by Gasteiger charge is 2.27. The molecule has 4 rings (SSSR count). The number of anilines is 1. The lowest BCUT2D eigenvalue weighted by atomic mass is 9.94. The lowest BCUT2D eigenvalue weighted by Gasteiger charge is -2.41. The molecule has 0 atom stereocenters. The summed E-state index contributed by atoms with van der Waals surface area (Å²) >= 11 is 0. The second-order valence-electron chi connectivity index (χ2n) is 8.48. The van der Waals surface area contributed by atoms with Crippen molar-refractivity contribution in [1.29, 1.82) is 0 Å². The molecular weight excluding hydrogens is 361 g/mol. The lowest BCUT2D eigenvalue weighted by Crippen LogP contribution is -2.46. The Kier molecular flexibility index (Phi) is 6.51. The fourth-order valence-electron chi connectivity index (χ4n) is 4.95. The summed E-state index contributed by atoms with van der Waals surface area (Å²) in [7, 11) is 0. The Balaban J connectivity index is 1.32. The van der Waals surface area contributed by atoms with Crippen molar-refractivity contribution < 1.29 is 4.39 Å². The van der Waals surface area contributed by atoms with Gasteiger partial charge in [-0.2, -0.15) is 0 Å². The third-order valence-electron chi connectivity index (χ3n) is 6.75. The first-order chi connectivity index (χ1) is 14.2. The van der Waals surface area contributed by atoms with Crippen molar-refractivity contribution in [3.8, 4) is 0 Å². The summed E-state index contributed by atoms with van der Waals surface area (Å²) in [5.74, 6) is -0.151. The van der Waals surface area contributed by atoms with Crippen LogP contribution < -0.4 is 4.90 Å². The van der Waals surface area contributed by atoms with Crippen LogP contribution in [0.25, 0.3) is 0 Å². The van der Waals surface area contributed by atoms with Crippen LogP contribution in [0, 0.1) is 5.82 Å². The van der Waals surface area contributed by atoms with E-state index in [1.54, 1.807) is 17.7 Å². The number of rotatable bonds is 6. The average molecular weight is 396 g/mol. The van der Waals surface area contributed by atoms with E-state index >= 15 is 0 Å². The van der Waals surface area contributed by atoms with E-state index < -0.39 is 0 Å². The maximum absolute atomic E-state index is 13.1. The van der Waals surface area contributed by atoms with Crippen LogP contribution in [0.2, 0.25) is 0 Å². The molecule has 1 saturated heterocycles. The molecule has 0 unspecified atom stereocenters. The van der Waals surface area contributed by atoms with Crippen LogP contribution in [0.1, 0.15) is 43.4 Å². The van der Waals surface area contributed by atoms with Gasteiger partial charge < -0.3 is 4.90 Å². The monoisotopic (exact) mass is 395 g/mol. The zero-order valence-electron chi connectivity index (χ0n) is 17.9. The van der Waals surface area contributed by atoms with Gasteiger partial charge >= 0.3 is 0 Å². The summed E-state index contributed by atoms with van der Waals surface area (Å²) in [5, 5.41) is 0. The Morgan fingerprint density at radius 1 is 0.931 bits per heavy atom. The number of piperidine rings is 1. The molecule has 0 bridgehead atoms. The van der Waals surface area contributed by atoms with Crippen molar-refractivity contribution in [1.82, 2.24) is 9.80 Å². The molecule has 2 aromatic carbocycles. The third-order valence-corrected chi connectivity index (χ3v) is 6.75. The van der Waals surface area contributed by atoms with Gasteiger partial charge in [0.15, 0.2) is 0 Å². The summed E-state index contributed by atoms with van der Waals surface area (Å²) in [5.41, 5.74) is 5.64. The van der Waals surface area contributed by atoms with Gasteiger partial charge in [-0.25, -0.2) is 4.39 Å². The largest absolute Gasteiger partial charge is 0.372 e. The quantitative estimate of drug-likeness (QED) is 0.702. The second kappa shape index (κ2) is 9.27. The van der Waals surface area contributed by atoms with Gasteiger partial charge in [-0.1, -0.05) is 18.2 Å². The molecular formula is C25H34FN3. The van der Waals surface area contributed by atoms with Crippen LogP contribution in [-0.4, -0.2) is 48.6 Å². The predicted octanol–water partition coefficient (Wildman–Crippen LogP) is 4.69. The number of nitrogens with zero attached hydrogens (tertiary/aromatic N) is 3. The highest BCUT2D eigenvalue weighted by Crippen LogP contribution is 2.28. The molecule has 0 spiro atoms. The van der Waals surface area contributed by atoms with Gasteiger partial charge in [0.25, 0.3) is 0 Å². The standard InChI is InChI=1S/C25H34FN3/c1-3-28(4-2)25-10-7-22-19-29(16-11-21(22)17-25)24-12-14-27(15-13-24)18-20-5-8-23(26)9-6-20/h5-10,17,24H,3-4,11-16,18-19H2,1-2H3. The normalized spacial score (nSPS) is 18.6. The molecule has 2 heterocycles. The number of halogens is 1. The van der Waals surface area contributed by atoms with Crippen molar-refractivity contribution in [2.45, 2.75) is 52.2 Å². The van der Waals surface area contributed by atoms with E-state index in [1.165, 1.54) is 42.6 Å². The number of benzene rings is 2. The SMILES string of the molecule is CCN(CC)c1ccc2c(c1)CCN(C1CCN(Cc3ccc(F)cc3)CC1)C2. The first kappa shape index (κ1) is 20.4. The van der Waals surface area contributed by atoms with Crippen LogP contribution in [0.3, 0.4) is 0 Å². The van der Waals surface area contributed by atoms with E-state index in [9.17, 15) is 4.39 Å². The molecule has 156 valence electrons. The zero-order valence-corrected chi connectivity index (χ0v) is 17.9. The smallest absolute Gasteiger partial charge is 0.123 e. The van der Waals surface area contributed by atoms with Gasteiger partial charge in [-0.05, 0) is 87.2 Å². The van der Waals surface area contributed by atoms with E-state index in [-0.39, 0.29) is 5.82 Å². The fourth-order valence-corrected chi connectivity index (χ4v) is 4.95. The lowest BCUT2D eigenvalue weighted by molar-refractivity contribution is 0.0949. The van der Waals surface area contributed by atoms with Gasteiger partial charge in [0, 0.05) is 44.5 Å². The van der Waals surface area contributed by atoms with E-state index in [2.05, 4.69) is 46.7 Å². The van der Waals surface area contributed by atoms with Crippen LogP contribution in [0.4, 0.5) is 10.1 Å². The molecule has 0 aliphatic carbocycles. The molecule has 3 nitrogen and oxygen atoms in total. The maximum Gasteiger partial charge on any atom is 0.123 e. The first-order valence-corrected chi connectivity index (χ1v) is 11.2. The third kappa shape index (κ3) is 4.81. The fraction of sp³-hybridized carbons (Fsp3) is 0.520. The average Bonchev–Trinajstić information content (AvgIpc) is 2.76. The minimum atomic E-state index is -0.151. The molecule has 0 saturated carbocycles. The van der Waals surface area contributed by atoms with Gasteiger partial charge in [-0.3, -0.25) is 9.80 Å². The Labute approximate surface area is 175 Å². The van der Waals surface area contributed by atoms with E-state index in [0.717, 1.165) is 39.3 Å². The van der Waals surface area contributed by atoms with Crippen LogP contribution in [0.5, 0.6) is 0 Å². The molecule has 2 aromatic rings. The van der Waals surface area contributed by atoms with E-state index in [1.807, 2.05) is 12.1 Å². The van der Waals surface area contributed by atoms with Crippen molar-refractivity contribution in [3.05, 3.63) is 65.0 Å². The van der Waals surface area contributed by atoms with Crippen LogP contribution in [0.15, 0.2) is 42.5 Å². The summed E-state index contributed by atoms with van der Waals surface area (Å²) in [6, 6.07) is 14.7. The summed E-state index contributed by atoms with van der Waals surface area (Å²) in [6.07, 6.45) is 3.63. The Morgan fingerprint density at radius 2 is 1.66 bits per heavy atom. The molecule has 0 radical (unpaired) electrons. The van der Waals surface area contributed by atoms with E-state index in [4.69, 9.17) is 0 Å². The molecule has 2 aliphatic rings. The summed E-state index contributed by atoms with van der Waals surface area (Å²) in [6.45, 7) is 12.1. The Morgan fingerprint density at radius 3 is 2.34 bits per heavy atom. The number of hydrogen-bond donors (Lipinski definition) is 0. The Hall–Kier alpha value is -1.91. The number of fused-ring (bicyclic) bond motifs is 1. The highest BCUT2D eigenvalue weighted by molar-refractivity contribution is 5.51. The molecule has 1 fully saturated rings. The molecule has 29 heavy (non-hydrogen) atoms. The van der Waals surface area contributed by atoms with Gasteiger partial charge in [0.1, 0.15) is 5.82 Å². The van der Waals surface area contributed by atoms with Gasteiger partial charge in [-0.15, -0.1) is 0 Å². The number of hydrogen-bond acceptors (Lipinski definition) is 3. The van der Waals surface area contributed by atoms with Crippen molar-refractivity contribution >= 4 is 5.69 Å². The molecule has 2 aliphatic heterocycles. The molecule has 0 aromatic heterocycles. The number of likely N-dealkylation sites (tertiary alicyclic amines) is 1. The minimum absolute atomic E-state index is 0.151. The summed E-state index contributed by atoms with van der Waals surface area (Å²) < 4.78 is 13.1. The van der Waals surface area contributed by atoms with Gasteiger partial charge in [0.05, 0.1) is 0 Å². The topological polar surface area (TPSA) is 9.72 Å². The maximum atomic E-state index is 13.1.